The Bertz CT molecular complexity index is 625. The van der Waals surface area contributed by atoms with Crippen molar-refractivity contribution in [1.29, 1.82) is 0 Å². The van der Waals surface area contributed by atoms with Crippen molar-refractivity contribution in [2.24, 2.45) is 0 Å². The molecule has 1 saturated heterocycles. The number of aryl methyl sites for hydroxylation is 1. The highest BCUT2D eigenvalue weighted by Crippen LogP contribution is 2.22. The summed E-state index contributed by atoms with van der Waals surface area (Å²) in [7, 11) is 1.82. The van der Waals surface area contributed by atoms with Gasteiger partial charge in [-0.25, -0.2) is 0 Å². The molecule has 1 aliphatic rings. The van der Waals surface area contributed by atoms with E-state index in [0.29, 0.717) is 30.9 Å². The topological polar surface area (TPSA) is 63.2 Å². The number of anilines is 2. The van der Waals surface area contributed by atoms with Crippen LogP contribution in [0.4, 0.5) is 11.9 Å². The molecule has 110 valence electrons. The van der Waals surface area contributed by atoms with Gasteiger partial charge in [-0.15, -0.1) is 0 Å². The van der Waals surface area contributed by atoms with E-state index in [4.69, 9.17) is 4.74 Å². The van der Waals surface area contributed by atoms with E-state index < -0.39 is 0 Å². The van der Waals surface area contributed by atoms with Crippen LogP contribution in [0.25, 0.3) is 11.4 Å². The minimum Gasteiger partial charge on any atom is -0.378 e. The number of nitrogens with one attached hydrogen (secondary N) is 1. The first-order chi connectivity index (χ1) is 10.3. The molecule has 1 aromatic carbocycles. The Labute approximate surface area is 124 Å². The molecule has 2 aromatic rings. The lowest BCUT2D eigenvalue weighted by Gasteiger charge is -2.27. The fraction of sp³-hybridized carbons (Fsp3) is 0.400. The number of benzene rings is 1. The van der Waals surface area contributed by atoms with Crippen LogP contribution in [0.15, 0.2) is 24.3 Å². The maximum absolute atomic E-state index is 5.38. The maximum Gasteiger partial charge on any atom is 0.230 e. The molecule has 0 atom stereocenters. The van der Waals surface area contributed by atoms with Gasteiger partial charge in [-0.2, -0.15) is 15.0 Å². The van der Waals surface area contributed by atoms with E-state index in [9.17, 15) is 0 Å². The highest BCUT2D eigenvalue weighted by atomic mass is 16.5. The van der Waals surface area contributed by atoms with Crippen molar-refractivity contribution >= 4 is 11.9 Å². The van der Waals surface area contributed by atoms with Crippen molar-refractivity contribution in [2.45, 2.75) is 6.92 Å². The molecule has 1 aliphatic heterocycles. The van der Waals surface area contributed by atoms with Gasteiger partial charge in [0.25, 0.3) is 0 Å². The lowest BCUT2D eigenvalue weighted by atomic mass is 10.1. The molecule has 1 aromatic heterocycles. The minimum absolute atomic E-state index is 0.588. The van der Waals surface area contributed by atoms with Crippen LogP contribution in [-0.4, -0.2) is 48.3 Å². The van der Waals surface area contributed by atoms with Crippen LogP contribution in [0.5, 0.6) is 0 Å². The van der Waals surface area contributed by atoms with Gasteiger partial charge in [0, 0.05) is 25.7 Å². The summed E-state index contributed by atoms with van der Waals surface area (Å²) < 4.78 is 5.38. The molecule has 6 nitrogen and oxygen atoms in total. The fourth-order valence-corrected chi connectivity index (χ4v) is 2.33. The molecule has 0 spiro atoms. The molecule has 0 bridgehead atoms. The molecule has 1 fully saturated rings. The normalized spacial score (nSPS) is 15.0. The van der Waals surface area contributed by atoms with Gasteiger partial charge in [-0.1, -0.05) is 24.3 Å². The summed E-state index contributed by atoms with van der Waals surface area (Å²) in [6, 6.07) is 8.11. The van der Waals surface area contributed by atoms with E-state index >= 15 is 0 Å². The van der Waals surface area contributed by atoms with E-state index in [1.54, 1.807) is 0 Å². The summed E-state index contributed by atoms with van der Waals surface area (Å²) in [6.07, 6.45) is 0. The highest BCUT2D eigenvalue weighted by Gasteiger charge is 2.17. The Hall–Kier alpha value is -2.21. The molecule has 2 heterocycles. The second-order valence-electron chi connectivity index (χ2n) is 4.95. The van der Waals surface area contributed by atoms with Gasteiger partial charge < -0.3 is 15.0 Å². The Kier molecular flexibility index (Phi) is 3.96. The lowest BCUT2D eigenvalue weighted by Crippen LogP contribution is -2.37. The second kappa shape index (κ2) is 6.05. The summed E-state index contributed by atoms with van der Waals surface area (Å²) in [6.45, 7) is 5.09. The average Bonchev–Trinajstić information content (AvgIpc) is 2.55. The first-order valence-electron chi connectivity index (χ1n) is 7.10. The van der Waals surface area contributed by atoms with Gasteiger partial charge in [-0.3, -0.25) is 0 Å². The molecular weight excluding hydrogens is 266 g/mol. The van der Waals surface area contributed by atoms with Crippen LogP contribution in [0, 0.1) is 6.92 Å². The van der Waals surface area contributed by atoms with Crippen molar-refractivity contribution < 1.29 is 4.74 Å². The van der Waals surface area contributed by atoms with Crippen molar-refractivity contribution in [1.82, 2.24) is 15.0 Å². The summed E-state index contributed by atoms with van der Waals surface area (Å²) in [5.41, 5.74) is 2.18. The van der Waals surface area contributed by atoms with Crippen LogP contribution in [0.3, 0.4) is 0 Å². The fourth-order valence-electron chi connectivity index (χ4n) is 2.33. The molecule has 0 radical (unpaired) electrons. The summed E-state index contributed by atoms with van der Waals surface area (Å²) >= 11 is 0. The van der Waals surface area contributed by atoms with Crippen molar-refractivity contribution in [3.63, 3.8) is 0 Å². The first-order valence-corrected chi connectivity index (χ1v) is 7.10. The number of aromatic nitrogens is 3. The smallest absolute Gasteiger partial charge is 0.230 e. The first kappa shape index (κ1) is 13.8. The van der Waals surface area contributed by atoms with Crippen LogP contribution in [0.1, 0.15) is 5.56 Å². The van der Waals surface area contributed by atoms with Crippen LogP contribution in [-0.2, 0) is 4.74 Å². The zero-order chi connectivity index (χ0) is 14.7. The molecule has 0 aliphatic carbocycles. The summed E-state index contributed by atoms with van der Waals surface area (Å²) in [5.74, 6) is 1.99. The predicted octanol–water partition coefficient (Wildman–Crippen LogP) is 1.73. The predicted molar refractivity (Wildman–Crippen MR) is 82.6 cm³/mol. The van der Waals surface area contributed by atoms with E-state index in [1.807, 2.05) is 25.2 Å². The van der Waals surface area contributed by atoms with Crippen molar-refractivity contribution in [3.8, 4) is 11.4 Å². The maximum atomic E-state index is 5.38. The van der Waals surface area contributed by atoms with Crippen LogP contribution < -0.4 is 10.2 Å². The van der Waals surface area contributed by atoms with Crippen molar-refractivity contribution in [3.05, 3.63) is 29.8 Å². The van der Waals surface area contributed by atoms with E-state index in [2.05, 4.69) is 38.2 Å². The number of hydrogen-bond donors (Lipinski definition) is 1. The van der Waals surface area contributed by atoms with E-state index in [1.165, 1.54) is 0 Å². The van der Waals surface area contributed by atoms with Gasteiger partial charge in [-0.05, 0) is 12.5 Å². The average molecular weight is 285 g/mol. The monoisotopic (exact) mass is 285 g/mol. The minimum atomic E-state index is 0.588. The van der Waals surface area contributed by atoms with Gasteiger partial charge in [0.1, 0.15) is 0 Å². The third-order valence-electron chi connectivity index (χ3n) is 3.53. The summed E-state index contributed by atoms with van der Waals surface area (Å²) in [5, 5.41) is 3.02. The molecule has 6 heteroatoms. The quantitative estimate of drug-likeness (QED) is 0.926. The second-order valence-corrected chi connectivity index (χ2v) is 4.95. The molecule has 3 rings (SSSR count). The molecule has 0 saturated carbocycles. The Morgan fingerprint density at radius 2 is 1.86 bits per heavy atom. The number of rotatable bonds is 3. The van der Waals surface area contributed by atoms with Gasteiger partial charge in [0.05, 0.1) is 13.2 Å². The molecule has 0 amide bonds. The van der Waals surface area contributed by atoms with E-state index in [0.717, 1.165) is 24.2 Å². The number of hydrogen-bond acceptors (Lipinski definition) is 6. The Morgan fingerprint density at radius 3 is 2.57 bits per heavy atom. The van der Waals surface area contributed by atoms with E-state index in [-0.39, 0.29) is 0 Å². The summed E-state index contributed by atoms with van der Waals surface area (Å²) in [4.78, 5) is 15.7. The van der Waals surface area contributed by atoms with Gasteiger partial charge >= 0.3 is 0 Å². The zero-order valence-corrected chi connectivity index (χ0v) is 12.3. The number of ether oxygens (including phenoxy) is 1. The molecular formula is C15H19N5O. The third kappa shape index (κ3) is 2.95. The van der Waals surface area contributed by atoms with Crippen LogP contribution in [0.2, 0.25) is 0 Å². The zero-order valence-electron chi connectivity index (χ0n) is 12.3. The SMILES string of the molecule is CNc1nc(-c2ccccc2C)nc(N2CCOCC2)n1. The molecule has 21 heavy (non-hydrogen) atoms. The lowest BCUT2D eigenvalue weighted by molar-refractivity contribution is 0.122. The van der Waals surface area contributed by atoms with Gasteiger partial charge in [0.2, 0.25) is 11.9 Å². The number of morpholine rings is 1. The Balaban J connectivity index is 2.02. The number of nitrogens with zero attached hydrogens (tertiary/aromatic N) is 4. The Morgan fingerprint density at radius 1 is 1.10 bits per heavy atom. The van der Waals surface area contributed by atoms with Crippen molar-refractivity contribution in [2.75, 3.05) is 43.6 Å². The van der Waals surface area contributed by atoms with Crippen LogP contribution >= 0.6 is 0 Å². The highest BCUT2D eigenvalue weighted by molar-refractivity contribution is 5.62. The third-order valence-corrected chi connectivity index (χ3v) is 3.53. The standard InChI is InChI=1S/C15H19N5O/c1-11-5-3-4-6-12(11)13-17-14(16-2)19-15(18-13)20-7-9-21-10-8-20/h3-6H,7-10H2,1-2H3,(H,16,17,18,19). The molecule has 0 unspecified atom stereocenters. The molecule has 1 N–H and O–H groups in total. The largest absolute Gasteiger partial charge is 0.378 e. The van der Waals surface area contributed by atoms with Gasteiger partial charge in [0.15, 0.2) is 5.82 Å².